The zero-order valence-electron chi connectivity index (χ0n) is 9.71. The zero-order chi connectivity index (χ0) is 12.4. The van der Waals surface area contributed by atoms with Crippen molar-refractivity contribution in [2.45, 2.75) is 13.0 Å². The first-order valence-corrected chi connectivity index (χ1v) is 5.32. The third-order valence-electron chi connectivity index (χ3n) is 2.81. The highest BCUT2D eigenvalue weighted by atomic mass is 16.5. The SMILES string of the molecule is COc1cccc([C@H](C)N2C(=O)C=CC2=O)c1. The molecule has 1 atom stereocenters. The third-order valence-corrected chi connectivity index (χ3v) is 2.81. The van der Waals surface area contributed by atoms with Crippen LogP contribution in [0.4, 0.5) is 0 Å². The molecule has 0 saturated heterocycles. The average molecular weight is 231 g/mol. The quantitative estimate of drug-likeness (QED) is 0.743. The van der Waals surface area contributed by atoms with Gasteiger partial charge in [-0.1, -0.05) is 12.1 Å². The summed E-state index contributed by atoms with van der Waals surface area (Å²) in [5.41, 5.74) is 0.870. The molecule has 0 bridgehead atoms. The largest absolute Gasteiger partial charge is 0.497 e. The van der Waals surface area contributed by atoms with Crippen LogP contribution in [0.3, 0.4) is 0 Å². The molecule has 0 saturated carbocycles. The highest BCUT2D eigenvalue weighted by Crippen LogP contribution is 2.26. The lowest BCUT2D eigenvalue weighted by molar-refractivity contribution is -0.139. The van der Waals surface area contributed by atoms with Crippen molar-refractivity contribution in [2.75, 3.05) is 7.11 Å². The number of benzene rings is 1. The molecule has 1 aromatic rings. The minimum atomic E-state index is -0.292. The molecule has 0 aliphatic carbocycles. The van der Waals surface area contributed by atoms with E-state index in [2.05, 4.69) is 0 Å². The standard InChI is InChI=1S/C13H13NO3/c1-9(14-12(15)6-7-13(14)16)10-4-3-5-11(8-10)17-2/h3-9H,1-2H3/t9-/m0/s1. The van der Waals surface area contributed by atoms with Crippen molar-refractivity contribution < 1.29 is 14.3 Å². The summed E-state index contributed by atoms with van der Waals surface area (Å²) in [6.45, 7) is 1.82. The van der Waals surface area contributed by atoms with Crippen LogP contribution >= 0.6 is 0 Å². The number of hydrogen-bond donors (Lipinski definition) is 0. The predicted octanol–water partition coefficient (Wildman–Crippen LogP) is 1.68. The maximum atomic E-state index is 11.5. The van der Waals surface area contributed by atoms with Gasteiger partial charge in [-0.2, -0.15) is 0 Å². The lowest BCUT2D eigenvalue weighted by Gasteiger charge is -2.23. The third kappa shape index (κ3) is 2.06. The summed E-state index contributed by atoms with van der Waals surface area (Å²) < 4.78 is 5.12. The van der Waals surface area contributed by atoms with Crippen molar-refractivity contribution in [2.24, 2.45) is 0 Å². The van der Waals surface area contributed by atoms with Crippen molar-refractivity contribution in [3.63, 3.8) is 0 Å². The van der Waals surface area contributed by atoms with Crippen LogP contribution in [0.25, 0.3) is 0 Å². The summed E-state index contributed by atoms with van der Waals surface area (Å²) >= 11 is 0. The molecule has 1 aliphatic heterocycles. The van der Waals surface area contributed by atoms with Crippen molar-refractivity contribution in [3.05, 3.63) is 42.0 Å². The maximum Gasteiger partial charge on any atom is 0.254 e. The maximum absolute atomic E-state index is 11.5. The van der Waals surface area contributed by atoms with Gasteiger partial charge in [-0.25, -0.2) is 0 Å². The molecule has 0 N–H and O–H groups in total. The van der Waals surface area contributed by atoms with E-state index in [4.69, 9.17) is 4.74 Å². The molecular weight excluding hydrogens is 218 g/mol. The summed E-state index contributed by atoms with van der Waals surface area (Å²) in [7, 11) is 1.58. The van der Waals surface area contributed by atoms with Crippen LogP contribution in [0.5, 0.6) is 5.75 Å². The summed E-state index contributed by atoms with van der Waals surface area (Å²) in [5.74, 6) is 0.164. The Bertz CT molecular complexity index is 475. The topological polar surface area (TPSA) is 46.6 Å². The van der Waals surface area contributed by atoms with Gasteiger partial charge in [0, 0.05) is 12.2 Å². The van der Waals surface area contributed by atoms with Gasteiger partial charge in [-0.3, -0.25) is 14.5 Å². The molecule has 0 spiro atoms. The molecule has 0 fully saturated rings. The van der Waals surface area contributed by atoms with E-state index < -0.39 is 0 Å². The molecule has 4 nitrogen and oxygen atoms in total. The van der Waals surface area contributed by atoms with Crippen molar-refractivity contribution in [1.82, 2.24) is 4.90 Å². The average Bonchev–Trinajstić information content (AvgIpc) is 2.68. The van der Waals surface area contributed by atoms with Crippen LogP contribution < -0.4 is 4.74 Å². The second-order valence-corrected chi connectivity index (χ2v) is 3.83. The summed E-state index contributed by atoms with van der Waals surface area (Å²) in [6, 6.07) is 7.06. The summed E-state index contributed by atoms with van der Waals surface area (Å²) in [6.07, 6.45) is 2.58. The van der Waals surface area contributed by atoms with Crippen molar-refractivity contribution in [3.8, 4) is 5.75 Å². The normalized spacial score (nSPS) is 16.5. The van der Waals surface area contributed by atoms with Crippen LogP contribution in [-0.4, -0.2) is 23.8 Å². The molecule has 4 heteroatoms. The van der Waals surface area contributed by atoms with Gasteiger partial charge in [0.2, 0.25) is 0 Å². The van der Waals surface area contributed by atoms with E-state index in [1.807, 2.05) is 31.2 Å². The second-order valence-electron chi connectivity index (χ2n) is 3.83. The van der Waals surface area contributed by atoms with Crippen LogP contribution in [0.15, 0.2) is 36.4 Å². The van der Waals surface area contributed by atoms with Crippen LogP contribution in [-0.2, 0) is 9.59 Å². The van der Waals surface area contributed by atoms with Crippen molar-refractivity contribution in [1.29, 1.82) is 0 Å². The lowest BCUT2D eigenvalue weighted by atomic mass is 10.1. The van der Waals surface area contributed by atoms with Gasteiger partial charge in [0.05, 0.1) is 13.2 Å². The van der Waals surface area contributed by atoms with Crippen LogP contribution in [0, 0.1) is 0 Å². The fraction of sp³-hybridized carbons (Fsp3) is 0.231. The number of carbonyl (C=O) groups excluding carboxylic acids is 2. The van der Waals surface area contributed by atoms with Gasteiger partial charge in [0.25, 0.3) is 11.8 Å². The molecule has 1 aliphatic rings. The molecule has 2 amide bonds. The monoisotopic (exact) mass is 231 g/mol. The highest BCUT2D eigenvalue weighted by Gasteiger charge is 2.29. The van der Waals surface area contributed by atoms with Gasteiger partial charge in [0.1, 0.15) is 5.75 Å². The second kappa shape index (κ2) is 4.41. The fourth-order valence-electron chi connectivity index (χ4n) is 1.84. The zero-order valence-corrected chi connectivity index (χ0v) is 9.71. The first kappa shape index (κ1) is 11.4. The Hall–Kier alpha value is -2.10. The van der Waals surface area contributed by atoms with E-state index in [-0.39, 0.29) is 17.9 Å². The molecule has 0 unspecified atom stereocenters. The minimum absolute atomic E-state index is 0.273. The van der Waals surface area contributed by atoms with E-state index in [9.17, 15) is 9.59 Å². The van der Waals surface area contributed by atoms with E-state index in [1.54, 1.807) is 7.11 Å². The number of imide groups is 1. The number of nitrogens with zero attached hydrogens (tertiary/aromatic N) is 1. The van der Waals surface area contributed by atoms with E-state index in [0.717, 1.165) is 5.56 Å². The molecular formula is C13H13NO3. The van der Waals surface area contributed by atoms with Gasteiger partial charge in [-0.05, 0) is 24.6 Å². The van der Waals surface area contributed by atoms with Crippen molar-refractivity contribution >= 4 is 11.8 Å². The number of methoxy groups -OCH3 is 1. The number of carbonyl (C=O) groups is 2. The molecule has 0 radical (unpaired) electrons. The minimum Gasteiger partial charge on any atom is -0.497 e. The number of amides is 2. The fourth-order valence-corrected chi connectivity index (χ4v) is 1.84. The van der Waals surface area contributed by atoms with Gasteiger partial charge >= 0.3 is 0 Å². The Morgan fingerprint density at radius 3 is 2.41 bits per heavy atom. The number of rotatable bonds is 3. The Morgan fingerprint density at radius 2 is 1.82 bits per heavy atom. The van der Waals surface area contributed by atoms with Crippen LogP contribution in [0.2, 0.25) is 0 Å². The lowest BCUT2D eigenvalue weighted by Crippen LogP contribution is -2.32. The number of hydrogen-bond acceptors (Lipinski definition) is 3. The van der Waals surface area contributed by atoms with E-state index in [1.165, 1.54) is 17.1 Å². The Morgan fingerprint density at radius 1 is 1.18 bits per heavy atom. The first-order chi connectivity index (χ1) is 8.13. The Labute approximate surface area is 99.5 Å². The molecule has 88 valence electrons. The summed E-state index contributed by atoms with van der Waals surface area (Å²) in [5, 5.41) is 0. The Balaban J connectivity index is 2.27. The highest BCUT2D eigenvalue weighted by molar-refractivity contribution is 6.13. The molecule has 0 aromatic heterocycles. The molecule has 2 rings (SSSR count). The molecule has 1 heterocycles. The van der Waals surface area contributed by atoms with Gasteiger partial charge in [0.15, 0.2) is 0 Å². The smallest absolute Gasteiger partial charge is 0.254 e. The van der Waals surface area contributed by atoms with Crippen LogP contribution in [0.1, 0.15) is 18.5 Å². The first-order valence-electron chi connectivity index (χ1n) is 5.32. The molecule has 1 aromatic carbocycles. The number of ether oxygens (including phenoxy) is 1. The molecule has 17 heavy (non-hydrogen) atoms. The Kier molecular flexibility index (Phi) is 2.95. The predicted molar refractivity (Wildman–Crippen MR) is 62.4 cm³/mol. The van der Waals surface area contributed by atoms with Gasteiger partial charge in [-0.15, -0.1) is 0 Å². The van der Waals surface area contributed by atoms with E-state index in [0.29, 0.717) is 5.75 Å². The van der Waals surface area contributed by atoms with Gasteiger partial charge < -0.3 is 4.74 Å². The summed E-state index contributed by atoms with van der Waals surface area (Å²) in [4.78, 5) is 24.3. The van der Waals surface area contributed by atoms with E-state index >= 15 is 0 Å².